The Hall–Kier alpha value is -6.25. The molecule has 9 aromatic rings. The fraction of sp³-hybridized carbons (Fsp3) is 0.0625. The number of hydrogen-bond acceptors (Lipinski definition) is 1. The molecule has 50 heavy (non-hydrogen) atoms. The minimum Gasteiger partial charge on any atom is -0.309 e. The van der Waals surface area contributed by atoms with E-state index in [1.54, 1.807) is 0 Å². The first-order chi connectivity index (χ1) is 24.5. The molecule has 0 amide bonds. The van der Waals surface area contributed by atoms with Crippen molar-refractivity contribution < 1.29 is 0 Å². The Morgan fingerprint density at radius 1 is 0.440 bits per heavy atom. The molecule has 2 aliphatic rings. The van der Waals surface area contributed by atoms with E-state index in [1.807, 2.05) is 0 Å². The summed E-state index contributed by atoms with van der Waals surface area (Å²) in [6.45, 7) is 4.75. The smallest absolute Gasteiger partial charge is 0.0722 e. The average Bonchev–Trinajstić information content (AvgIpc) is 3.75. The fourth-order valence-corrected chi connectivity index (χ4v) is 8.91. The van der Waals surface area contributed by atoms with Crippen molar-refractivity contribution in [1.29, 1.82) is 0 Å². The Balaban J connectivity index is 1.01. The average molecular weight is 637 g/mol. The molecule has 234 valence electrons. The molecule has 2 heteroatoms. The maximum Gasteiger partial charge on any atom is 0.0722 e. The molecule has 0 bridgehead atoms. The largest absolute Gasteiger partial charge is 0.309 e. The second-order valence-corrected chi connectivity index (χ2v) is 14.4. The van der Waals surface area contributed by atoms with E-state index in [0.717, 1.165) is 16.8 Å². The van der Waals surface area contributed by atoms with Gasteiger partial charge in [0.1, 0.15) is 0 Å². The van der Waals surface area contributed by atoms with Crippen molar-refractivity contribution in [2.75, 3.05) is 0 Å². The number of benzene rings is 7. The Labute approximate surface area is 290 Å². The third kappa shape index (κ3) is 3.71. The van der Waals surface area contributed by atoms with Gasteiger partial charge in [0.05, 0.1) is 22.2 Å². The van der Waals surface area contributed by atoms with E-state index in [9.17, 15) is 0 Å². The Bertz CT molecular complexity index is 2890. The summed E-state index contributed by atoms with van der Waals surface area (Å²) < 4.78 is 2.38. The number of hydrogen-bond donors (Lipinski definition) is 0. The molecule has 0 aliphatic heterocycles. The van der Waals surface area contributed by atoms with Gasteiger partial charge in [-0.05, 0) is 110 Å². The monoisotopic (exact) mass is 636 g/mol. The number of pyridine rings is 1. The standard InChI is InChI=1S/C48H32N2/c1-48(2)41-26-30(29-21-24-46-39(25-29)37-15-8-9-18-45(37)50(46)32-11-4-3-5-12-32)19-22-35(41)36-23-20-31(27-42(36)48)44-28-40-34-14-7-6-13-33(34)38-16-10-17-43(49-44)47(38)40/h3-28H,1-2H3. The highest BCUT2D eigenvalue weighted by Gasteiger charge is 2.36. The number of aromatic nitrogens is 2. The maximum absolute atomic E-state index is 5.23. The summed E-state index contributed by atoms with van der Waals surface area (Å²) in [7, 11) is 0. The van der Waals surface area contributed by atoms with Crippen LogP contribution in [0.4, 0.5) is 0 Å². The summed E-state index contributed by atoms with van der Waals surface area (Å²) >= 11 is 0. The van der Waals surface area contributed by atoms with Gasteiger partial charge in [0, 0.05) is 32.8 Å². The quantitative estimate of drug-likeness (QED) is 0.189. The number of rotatable bonds is 3. The highest BCUT2D eigenvalue weighted by molar-refractivity contribution is 6.15. The molecule has 11 rings (SSSR count). The van der Waals surface area contributed by atoms with Crippen molar-refractivity contribution >= 4 is 32.7 Å². The van der Waals surface area contributed by atoms with E-state index in [4.69, 9.17) is 4.98 Å². The lowest BCUT2D eigenvalue weighted by molar-refractivity contribution is 0.661. The molecule has 0 unspecified atom stereocenters. The van der Waals surface area contributed by atoms with Crippen LogP contribution in [-0.4, -0.2) is 9.55 Å². The zero-order chi connectivity index (χ0) is 33.1. The van der Waals surface area contributed by atoms with E-state index in [2.05, 4.69) is 176 Å². The topological polar surface area (TPSA) is 17.8 Å². The van der Waals surface area contributed by atoms with Gasteiger partial charge in [-0.1, -0.05) is 117 Å². The number of nitrogens with zero attached hydrogens (tertiary/aromatic N) is 2. The van der Waals surface area contributed by atoms with Crippen LogP contribution in [0.1, 0.15) is 25.0 Å². The number of fused-ring (bicyclic) bond motifs is 9. The molecule has 2 nitrogen and oxygen atoms in total. The lowest BCUT2D eigenvalue weighted by atomic mass is 9.81. The lowest BCUT2D eigenvalue weighted by Gasteiger charge is -2.22. The van der Waals surface area contributed by atoms with E-state index in [-0.39, 0.29) is 5.41 Å². The highest BCUT2D eigenvalue weighted by atomic mass is 15.0. The third-order valence-electron chi connectivity index (χ3n) is 11.3. The first kappa shape index (κ1) is 27.7. The summed E-state index contributed by atoms with van der Waals surface area (Å²) in [4.78, 5) is 5.23. The fourth-order valence-electron chi connectivity index (χ4n) is 8.91. The first-order valence-corrected chi connectivity index (χ1v) is 17.5. The van der Waals surface area contributed by atoms with Crippen molar-refractivity contribution in [3.05, 3.63) is 169 Å². The first-order valence-electron chi connectivity index (χ1n) is 17.5. The van der Waals surface area contributed by atoms with Gasteiger partial charge >= 0.3 is 0 Å². The normalized spacial score (nSPS) is 13.6. The summed E-state index contributed by atoms with van der Waals surface area (Å²) in [5.41, 5.74) is 19.8. The van der Waals surface area contributed by atoms with Crippen LogP contribution >= 0.6 is 0 Å². The third-order valence-corrected chi connectivity index (χ3v) is 11.3. The second-order valence-electron chi connectivity index (χ2n) is 14.4. The lowest BCUT2D eigenvalue weighted by Crippen LogP contribution is -2.15. The van der Waals surface area contributed by atoms with E-state index in [0.29, 0.717) is 0 Å². The van der Waals surface area contributed by atoms with Gasteiger partial charge in [0.2, 0.25) is 0 Å². The Morgan fingerprint density at radius 2 is 1.06 bits per heavy atom. The van der Waals surface area contributed by atoms with Crippen molar-refractivity contribution in [3.63, 3.8) is 0 Å². The molecular formula is C48H32N2. The van der Waals surface area contributed by atoms with Crippen LogP contribution in [0, 0.1) is 0 Å². The highest BCUT2D eigenvalue weighted by Crippen LogP contribution is 2.52. The van der Waals surface area contributed by atoms with Crippen LogP contribution < -0.4 is 0 Å². The maximum atomic E-state index is 5.23. The van der Waals surface area contributed by atoms with Crippen LogP contribution in [0.25, 0.3) is 94.2 Å². The summed E-state index contributed by atoms with van der Waals surface area (Å²) in [6, 6.07) is 58.0. The Morgan fingerprint density at radius 3 is 1.88 bits per heavy atom. The molecule has 0 saturated carbocycles. The Kier molecular flexibility index (Phi) is 5.48. The molecule has 7 aromatic carbocycles. The van der Waals surface area contributed by atoms with Gasteiger partial charge in [-0.15, -0.1) is 0 Å². The minimum absolute atomic E-state index is 0.155. The molecule has 0 atom stereocenters. The van der Waals surface area contributed by atoms with Crippen LogP contribution in [0.3, 0.4) is 0 Å². The van der Waals surface area contributed by atoms with Gasteiger partial charge in [0.15, 0.2) is 0 Å². The van der Waals surface area contributed by atoms with Gasteiger partial charge < -0.3 is 4.57 Å². The molecule has 0 spiro atoms. The van der Waals surface area contributed by atoms with Crippen molar-refractivity contribution in [2.45, 2.75) is 19.3 Å². The molecule has 0 N–H and O–H groups in total. The van der Waals surface area contributed by atoms with Gasteiger partial charge in [-0.25, -0.2) is 4.98 Å². The van der Waals surface area contributed by atoms with Crippen LogP contribution in [-0.2, 0) is 5.41 Å². The van der Waals surface area contributed by atoms with E-state index in [1.165, 1.54) is 88.5 Å². The predicted octanol–water partition coefficient (Wildman–Crippen LogP) is 12.6. The van der Waals surface area contributed by atoms with Crippen LogP contribution in [0.2, 0.25) is 0 Å². The molecule has 0 radical (unpaired) electrons. The zero-order valence-corrected chi connectivity index (χ0v) is 27.9. The van der Waals surface area contributed by atoms with Gasteiger partial charge in [-0.2, -0.15) is 0 Å². The zero-order valence-electron chi connectivity index (χ0n) is 27.9. The molecule has 2 heterocycles. The van der Waals surface area contributed by atoms with E-state index < -0.39 is 0 Å². The molecule has 0 fully saturated rings. The molecule has 2 aromatic heterocycles. The molecule has 0 saturated heterocycles. The summed E-state index contributed by atoms with van der Waals surface area (Å²) in [5.74, 6) is 0. The predicted molar refractivity (Wildman–Crippen MR) is 209 cm³/mol. The van der Waals surface area contributed by atoms with Gasteiger partial charge in [-0.3, -0.25) is 0 Å². The minimum atomic E-state index is -0.155. The van der Waals surface area contributed by atoms with Crippen molar-refractivity contribution in [3.8, 4) is 61.5 Å². The SMILES string of the molecule is CC1(C)c2cc(-c3ccc4c(c3)c3ccccc3n4-c3ccccc3)ccc2-c2ccc(-c3cc4c5c(cccc5n3)-c3ccccc3-4)cc21. The van der Waals surface area contributed by atoms with Gasteiger partial charge in [0.25, 0.3) is 0 Å². The molecular weight excluding hydrogens is 605 g/mol. The summed E-state index contributed by atoms with van der Waals surface area (Å²) in [6.07, 6.45) is 0. The van der Waals surface area contributed by atoms with Crippen LogP contribution in [0.5, 0.6) is 0 Å². The summed E-state index contributed by atoms with van der Waals surface area (Å²) in [5, 5.41) is 3.81. The van der Waals surface area contributed by atoms with E-state index >= 15 is 0 Å². The van der Waals surface area contributed by atoms with Crippen molar-refractivity contribution in [2.24, 2.45) is 0 Å². The second kappa shape index (κ2) is 9.90. The number of para-hydroxylation sites is 2. The molecule has 2 aliphatic carbocycles. The van der Waals surface area contributed by atoms with Crippen molar-refractivity contribution in [1.82, 2.24) is 9.55 Å². The van der Waals surface area contributed by atoms with Crippen LogP contribution in [0.15, 0.2) is 158 Å².